The van der Waals surface area contributed by atoms with Gasteiger partial charge >= 0.3 is 0 Å². The molecule has 0 bridgehead atoms. The minimum atomic E-state index is 0.139. The number of likely N-dealkylation sites (tertiary alicyclic amines) is 1. The molecule has 1 saturated heterocycles. The van der Waals surface area contributed by atoms with Gasteiger partial charge in [-0.2, -0.15) is 0 Å². The standard InChI is InChI=1S/C16H19BrN4OS/c1-11-7-15(19-10-18-11)20(2)13-3-5-21(6-4-13)16(22)14-8-12(17)9-23-14/h7-10,13H,3-6H2,1-2H3. The Kier molecular flexibility index (Phi) is 4.96. The maximum Gasteiger partial charge on any atom is 0.263 e. The topological polar surface area (TPSA) is 49.3 Å². The van der Waals surface area contributed by atoms with Gasteiger partial charge in [0, 0.05) is 47.8 Å². The van der Waals surface area contributed by atoms with E-state index >= 15 is 0 Å². The smallest absolute Gasteiger partial charge is 0.263 e. The van der Waals surface area contributed by atoms with E-state index in [4.69, 9.17) is 0 Å². The van der Waals surface area contributed by atoms with Crippen LogP contribution in [0.4, 0.5) is 5.82 Å². The van der Waals surface area contributed by atoms with Crippen LogP contribution in [0.2, 0.25) is 0 Å². The van der Waals surface area contributed by atoms with Gasteiger partial charge in [-0.3, -0.25) is 4.79 Å². The van der Waals surface area contributed by atoms with Gasteiger partial charge in [0.15, 0.2) is 0 Å². The van der Waals surface area contributed by atoms with Crippen LogP contribution in [0.15, 0.2) is 28.3 Å². The molecule has 0 spiro atoms. The molecule has 1 fully saturated rings. The summed E-state index contributed by atoms with van der Waals surface area (Å²) >= 11 is 4.90. The van der Waals surface area contributed by atoms with Crippen molar-refractivity contribution in [2.75, 3.05) is 25.0 Å². The molecule has 0 aromatic carbocycles. The highest BCUT2D eigenvalue weighted by molar-refractivity contribution is 9.10. The summed E-state index contributed by atoms with van der Waals surface area (Å²) in [4.78, 5) is 25.9. The van der Waals surface area contributed by atoms with Crippen LogP contribution in [0.25, 0.3) is 0 Å². The third-order valence-electron chi connectivity index (χ3n) is 4.23. The first kappa shape index (κ1) is 16.4. The fourth-order valence-corrected chi connectivity index (χ4v) is 4.25. The van der Waals surface area contributed by atoms with E-state index in [0.717, 1.165) is 46.8 Å². The van der Waals surface area contributed by atoms with Crippen molar-refractivity contribution < 1.29 is 4.79 Å². The van der Waals surface area contributed by atoms with Crippen molar-refractivity contribution in [2.45, 2.75) is 25.8 Å². The molecule has 0 radical (unpaired) electrons. The van der Waals surface area contributed by atoms with Crippen LogP contribution in [-0.4, -0.2) is 47.0 Å². The van der Waals surface area contributed by atoms with Crippen LogP contribution in [0.5, 0.6) is 0 Å². The van der Waals surface area contributed by atoms with E-state index in [1.54, 1.807) is 6.33 Å². The van der Waals surface area contributed by atoms with Gasteiger partial charge in [0.2, 0.25) is 0 Å². The lowest BCUT2D eigenvalue weighted by atomic mass is 10.0. The van der Waals surface area contributed by atoms with Crippen molar-refractivity contribution in [1.29, 1.82) is 0 Å². The molecule has 0 saturated carbocycles. The van der Waals surface area contributed by atoms with Crippen LogP contribution in [0.3, 0.4) is 0 Å². The zero-order valence-electron chi connectivity index (χ0n) is 13.2. The molecule has 1 aliphatic rings. The highest BCUT2D eigenvalue weighted by Crippen LogP contribution is 2.25. The number of thiophene rings is 1. The number of carbonyl (C=O) groups excluding carboxylic acids is 1. The molecule has 5 nitrogen and oxygen atoms in total. The molecule has 1 aliphatic heterocycles. The van der Waals surface area contributed by atoms with Gasteiger partial charge in [-0.05, 0) is 41.8 Å². The molecule has 3 rings (SSSR count). The van der Waals surface area contributed by atoms with E-state index in [9.17, 15) is 4.79 Å². The second-order valence-electron chi connectivity index (χ2n) is 5.78. The van der Waals surface area contributed by atoms with Crippen molar-refractivity contribution in [1.82, 2.24) is 14.9 Å². The van der Waals surface area contributed by atoms with E-state index in [-0.39, 0.29) is 5.91 Å². The van der Waals surface area contributed by atoms with Crippen LogP contribution in [0.1, 0.15) is 28.2 Å². The van der Waals surface area contributed by atoms with E-state index in [1.807, 2.05) is 29.3 Å². The summed E-state index contributed by atoms with van der Waals surface area (Å²) in [6.07, 6.45) is 3.52. The highest BCUT2D eigenvalue weighted by atomic mass is 79.9. The van der Waals surface area contributed by atoms with Gasteiger partial charge in [-0.25, -0.2) is 9.97 Å². The molecule has 0 atom stereocenters. The SMILES string of the molecule is Cc1cc(N(C)C2CCN(C(=O)c3cc(Br)cs3)CC2)ncn1. The van der Waals surface area contributed by atoms with Crippen LogP contribution in [-0.2, 0) is 0 Å². The molecule has 0 aliphatic carbocycles. The number of nitrogens with zero attached hydrogens (tertiary/aromatic N) is 4. The number of amides is 1. The monoisotopic (exact) mass is 394 g/mol. The van der Waals surface area contributed by atoms with E-state index in [1.165, 1.54) is 11.3 Å². The molecule has 3 heterocycles. The fourth-order valence-electron chi connectivity index (χ4n) is 2.86. The Balaban J connectivity index is 1.61. The number of anilines is 1. The first-order chi connectivity index (χ1) is 11.0. The maximum absolute atomic E-state index is 12.5. The van der Waals surface area contributed by atoms with Gasteiger partial charge in [0.25, 0.3) is 5.91 Å². The van der Waals surface area contributed by atoms with Crippen LogP contribution >= 0.6 is 27.3 Å². The Bertz CT molecular complexity index is 697. The van der Waals surface area contributed by atoms with E-state index < -0.39 is 0 Å². The zero-order valence-corrected chi connectivity index (χ0v) is 15.6. The maximum atomic E-state index is 12.5. The van der Waals surface area contributed by atoms with E-state index in [2.05, 4.69) is 37.8 Å². The second-order valence-corrected chi connectivity index (χ2v) is 7.61. The number of hydrogen-bond donors (Lipinski definition) is 0. The molecule has 2 aromatic heterocycles. The largest absolute Gasteiger partial charge is 0.356 e. The summed E-state index contributed by atoms with van der Waals surface area (Å²) in [6, 6.07) is 4.30. The summed E-state index contributed by atoms with van der Waals surface area (Å²) in [5, 5.41) is 1.95. The molecular formula is C16H19BrN4OS. The first-order valence-electron chi connectivity index (χ1n) is 7.59. The Morgan fingerprint density at radius 3 is 2.70 bits per heavy atom. The Morgan fingerprint density at radius 2 is 2.09 bits per heavy atom. The third kappa shape index (κ3) is 3.72. The van der Waals surface area contributed by atoms with Gasteiger partial charge < -0.3 is 9.80 Å². The normalized spacial score (nSPS) is 15.7. The summed E-state index contributed by atoms with van der Waals surface area (Å²) in [5.74, 6) is 1.09. The minimum absolute atomic E-state index is 0.139. The van der Waals surface area contributed by atoms with Crippen LogP contribution < -0.4 is 4.90 Å². The lowest BCUT2D eigenvalue weighted by molar-refractivity contribution is 0.0718. The predicted octanol–water partition coefficient (Wildman–Crippen LogP) is 3.35. The number of aryl methyl sites for hydroxylation is 1. The van der Waals surface area contributed by atoms with Crippen LogP contribution in [0, 0.1) is 6.92 Å². The van der Waals surface area contributed by atoms with Gasteiger partial charge in [0.05, 0.1) is 4.88 Å². The van der Waals surface area contributed by atoms with E-state index in [0.29, 0.717) is 6.04 Å². The number of rotatable bonds is 3. The minimum Gasteiger partial charge on any atom is -0.356 e. The summed E-state index contributed by atoms with van der Waals surface area (Å²) < 4.78 is 0.972. The average Bonchev–Trinajstić information content (AvgIpc) is 3.00. The summed E-state index contributed by atoms with van der Waals surface area (Å²) in [6.45, 7) is 3.54. The number of piperidine rings is 1. The quantitative estimate of drug-likeness (QED) is 0.800. The first-order valence-corrected chi connectivity index (χ1v) is 9.26. The number of carbonyl (C=O) groups is 1. The second kappa shape index (κ2) is 6.97. The lowest BCUT2D eigenvalue weighted by Crippen LogP contribution is -2.45. The van der Waals surface area contributed by atoms with Gasteiger partial charge in [-0.15, -0.1) is 11.3 Å². The number of aromatic nitrogens is 2. The molecule has 0 unspecified atom stereocenters. The fraction of sp³-hybridized carbons (Fsp3) is 0.438. The predicted molar refractivity (Wildman–Crippen MR) is 96.1 cm³/mol. The lowest BCUT2D eigenvalue weighted by Gasteiger charge is -2.37. The molecule has 0 N–H and O–H groups in total. The van der Waals surface area contributed by atoms with Crippen molar-refractivity contribution in [3.63, 3.8) is 0 Å². The Hall–Kier alpha value is -1.47. The highest BCUT2D eigenvalue weighted by Gasteiger charge is 2.27. The molecule has 2 aromatic rings. The van der Waals surface area contributed by atoms with Gasteiger partial charge in [0.1, 0.15) is 12.1 Å². The van der Waals surface area contributed by atoms with Crippen molar-refractivity contribution >= 4 is 39.0 Å². The summed E-state index contributed by atoms with van der Waals surface area (Å²) in [5.41, 5.74) is 0.970. The molecule has 1 amide bonds. The molecule has 122 valence electrons. The average molecular weight is 395 g/mol. The summed E-state index contributed by atoms with van der Waals surface area (Å²) in [7, 11) is 2.07. The van der Waals surface area contributed by atoms with Crippen molar-refractivity contribution in [3.8, 4) is 0 Å². The number of halogens is 1. The van der Waals surface area contributed by atoms with Crippen molar-refractivity contribution in [2.24, 2.45) is 0 Å². The third-order valence-corrected chi connectivity index (χ3v) is 5.91. The zero-order chi connectivity index (χ0) is 16.4. The molecule has 7 heteroatoms. The van der Waals surface area contributed by atoms with Gasteiger partial charge in [-0.1, -0.05) is 0 Å². The Morgan fingerprint density at radius 1 is 1.35 bits per heavy atom. The number of hydrogen-bond acceptors (Lipinski definition) is 5. The molecule has 23 heavy (non-hydrogen) atoms. The van der Waals surface area contributed by atoms with Crippen molar-refractivity contribution in [3.05, 3.63) is 38.9 Å². The Labute approximate surface area is 148 Å². The molecular weight excluding hydrogens is 376 g/mol.